The molecule has 4 heteroatoms. The lowest BCUT2D eigenvalue weighted by atomic mass is 10.1. The van der Waals surface area contributed by atoms with Crippen molar-refractivity contribution >= 4 is 0 Å². The van der Waals surface area contributed by atoms with Crippen LogP contribution >= 0.6 is 0 Å². The van der Waals surface area contributed by atoms with E-state index in [1.807, 2.05) is 12.1 Å². The van der Waals surface area contributed by atoms with Crippen LogP contribution in [0.3, 0.4) is 0 Å². The second-order valence-corrected chi connectivity index (χ2v) is 4.65. The number of hydrogen-bond acceptors (Lipinski definition) is 4. The summed E-state index contributed by atoms with van der Waals surface area (Å²) in [5.74, 6) is 2.49. The molecule has 0 fully saturated rings. The van der Waals surface area contributed by atoms with Gasteiger partial charge in [-0.2, -0.15) is 0 Å². The number of rotatable bonds is 7. The van der Waals surface area contributed by atoms with Crippen LogP contribution in [0.4, 0.5) is 0 Å². The Morgan fingerprint density at radius 3 is 2.47 bits per heavy atom. The van der Waals surface area contributed by atoms with E-state index < -0.39 is 0 Å². The Hall–Kier alpha value is -1.42. The van der Waals surface area contributed by atoms with Gasteiger partial charge in [0.2, 0.25) is 6.79 Å². The molecule has 106 valence electrons. The fourth-order valence-corrected chi connectivity index (χ4v) is 2.11. The molecule has 0 saturated heterocycles. The first-order valence-electron chi connectivity index (χ1n) is 7.08. The summed E-state index contributed by atoms with van der Waals surface area (Å²) in [7, 11) is 0. The van der Waals surface area contributed by atoms with Gasteiger partial charge in [0.25, 0.3) is 0 Å². The normalized spacial score (nSPS) is 13.1. The molecule has 0 amide bonds. The Labute approximate surface area is 115 Å². The number of benzene rings is 1. The van der Waals surface area contributed by atoms with E-state index in [0.717, 1.165) is 48.7 Å². The number of ether oxygens (including phenoxy) is 3. The smallest absolute Gasteiger partial charge is 0.231 e. The first kappa shape index (κ1) is 14.0. The molecular formula is C15H23NO3. The average Bonchev–Trinajstić information content (AvgIpc) is 2.88. The van der Waals surface area contributed by atoms with E-state index in [0.29, 0.717) is 6.79 Å². The lowest BCUT2D eigenvalue weighted by molar-refractivity contribution is 0.173. The van der Waals surface area contributed by atoms with Crippen molar-refractivity contribution in [2.24, 2.45) is 0 Å². The summed E-state index contributed by atoms with van der Waals surface area (Å²) in [4.78, 5) is 0. The van der Waals surface area contributed by atoms with Gasteiger partial charge in [-0.05, 0) is 25.5 Å². The Morgan fingerprint density at radius 2 is 1.84 bits per heavy atom. The molecule has 0 aromatic heterocycles. The van der Waals surface area contributed by atoms with Crippen LogP contribution in [0.1, 0.15) is 39.2 Å². The zero-order chi connectivity index (χ0) is 13.7. The molecule has 1 aliphatic rings. The average molecular weight is 265 g/mol. The SMILES string of the molecule is CCNCc1cc2c(cc1OC(CC)CC)OCO2. The van der Waals surface area contributed by atoms with Crippen molar-refractivity contribution in [3.05, 3.63) is 17.7 Å². The van der Waals surface area contributed by atoms with Crippen LogP contribution < -0.4 is 19.5 Å². The highest BCUT2D eigenvalue weighted by Crippen LogP contribution is 2.38. The van der Waals surface area contributed by atoms with E-state index in [1.165, 1.54) is 0 Å². The monoisotopic (exact) mass is 265 g/mol. The van der Waals surface area contributed by atoms with Crippen LogP contribution in [0.25, 0.3) is 0 Å². The molecule has 1 aromatic carbocycles. The van der Waals surface area contributed by atoms with Crippen molar-refractivity contribution in [1.29, 1.82) is 0 Å². The van der Waals surface area contributed by atoms with Crippen LogP contribution in [0, 0.1) is 0 Å². The number of nitrogens with one attached hydrogen (secondary N) is 1. The van der Waals surface area contributed by atoms with Crippen LogP contribution in [0.5, 0.6) is 17.2 Å². The molecule has 0 saturated carbocycles. The predicted octanol–water partition coefficient (Wildman–Crippen LogP) is 3.09. The Morgan fingerprint density at radius 1 is 1.16 bits per heavy atom. The first-order chi connectivity index (χ1) is 9.28. The molecule has 1 N–H and O–H groups in total. The van der Waals surface area contributed by atoms with Crippen LogP contribution in [0.2, 0.25) is 0 Å². The summed E-state index contributed by atoms with van der Waals surface area (Å²) < 4.78 is 16.9. The van der Waals surface area contributed by atoms with Crippen molar-refractivity contribution in [2.75, 3.05) is 13.3 Å². The number of fused-ring (bicyclic) bond motifs is 1. The van der Waals surface area contributed by atoms with Gasteiger partial charge >= 0.3 is 0 Å². The molecule has 0 aliphatic carbocycles. The zero-order valence-corrected chi connectivity index (χ0v) is 12.0. The van der Waals surface area contributed by atoms with Gasteiger partial charge in [0.05, 0.1) is 6.10 Å². The predicted molar refractivity (Wildman–Crippen MR) is 74.9 cm³/mol. The van der Waals surface area contributed by atoms with Crippen LogP contribution in [-0.2, 0) is 6.54 Å². The van der Waals surface area contributed by atoms with Gasteiger partial charge in [-0.1, -0.05) is 20.8 Å². The van der Waals surface area contributed by atoms with Crippen molar-refractivity contribution in [1.82, 2.24) is 5.32 Å². The lowest BCUT2D eigenvalue weighted by Crippen LogP contribution is -2.17. The standard InChI is InChI=1S/C15H23NO3/c1-4-12(5-2)19-13-8-15-14(17-10-18-15)7-11(13)9-16-6-3/h7-8,12,16H,4-6,9-10H2,1-3H3. The van der Waals surface area contributed by atoms with Gasteiger partial charge in [-0.25, -0.2) is 0 Å². The minimum absolute atomic E-state index is 0.251. The first-order valence-corrected chi connectivity index (χ1v) is 7.08. The van der Waals surface area contributed by atoms with Crippen molar-refractivity contribution in [3.63, 3.8) is 0 Å². The quantitative estimate of drug-likeness (QED) is 0.822. The summed E-state index contributed by atoms with van der Waals surface area (Å²) in [6, 6.07) is 3.97. The maximum atomic E-state index is 6.09. The molecule has 0 bridgehead atoms. The highest BCUT2D eigenvalue weighted by Gasteiger charge is 2.19. The van der Waals surface area contributed by atoms with E-state index in [1.54, 1.807) is 0 Å². The molecule has 0 radical (unpaired) electrons. The summed E-state index contributed by atoms with van der Waals surface area (Å²) in [5, 5.41) is 3.33. The molecule has 2 rings (SSSR count). The van der Waals surface area contributed by atoms with E-state index in [-0.39, 0.29) is 6.10 Å². The van der Waals surface area contributed by atoms with E-state index in [9.17, 15) is 0 Å². The van der Waals surface area contributed by atoms with Crippen LogP contribution in [0.15, 0.2) is 12.1 Å². The number of hydrogen-bond donors (Lipinski definition) is 1. The van der Waals surface area contributed by atoms with Gasteiger partial charge < -0.3 is 19.5 Å². The summed E-state index contributed by atoms with van der Waals surface area (Å²) in [6.45, 7) is 8.39. The van der Waals surface area contributed by atoms with E-state index in [4.69, 9.17) is 14.2 Å². The van der Waals surface area contributed by atoms with E-state index >= 15 is 0 Å². The fourth-order valence-electron chi connectivity index (χ4n) is 2.11. The second kappa shape index (κ2) is 6.66. The van der Waals surface area contributed by atoms with Gasteiger partial charge in [-0.3, -0.25) is 0 Å². The molecule has 4 nitrogen and oxygen atoms in total. The molecule has 19 heavy (non-hydrogen) atoms. The third kappa shape index (κ3) is 3.32. The maximum absolute atomic E-state index is 6.09. The molecule has 0 atom stereocenters. The lowest BCUT2D eigenvalue weighted by Gasteiger charge is -2.19. The summed E-state index contributed by atoms with van der Waals surface area (Å²) in [6.07, 6.45) is 2.26. The Kier molecular flexibility index (Phi) is 4.91. The summed E-state index contributed by atoms with van der Waals surface area (Å²) >= 11 is 0. The third-order valence-electron chi connectivity index (χ3n) is 3.33. The Bertz CT molecular complexity index is 416. The largest absolute Gasteiger partial charge is 0.490 e. The van der Waals surface area contributed by atoms with Crippen molar-refractivity contribution in [3.8, 4) is 17.2 Å². The van der Waals surface area contributed by atoms with E-state index in [2.05, 4.69) is 26.1 Å². The van der Waals surface area contributed by atoms with Crippen molar-refractivity contribution in [2.45, 2.75) is 46.3 Å². The Balaban J connectivity index is 2.22. The zero-order valence-electron chi connectivity index (χ0n) is 12.0. The molecule has 1 aliphatic heterocycles. The second-order valence-electron chi connectivity index (χ2n) is 4.65. The third-order valence-corrected chi connectivity index (χ3v) is 3.33. The van der Waals surface area contributed by atoms with Gasteiger partial charge in [0, 0.05) is 18.2 Å². The van der Waals surface area contributed by atoms with Crippen LogP contribution in [-0.4, -0.2) is 19.4 Å². The minimum atomic E-state index is 0.251. The minimum Gasteiger partial charge on any atom is -0.490 e. The molecule has 0 spiro atoms. The molecular weight excluding hydrogens is 242 g/mol. The molecule has 1 aromatic rings. The fraction of sp³-hybridized carbons (Fsp3) is 0.600. The van der Waals surface area contributed by atoms with Gasteiger partial charge in [-0.15, -0.1) is 0 Å². The topological polar surface area (TPSA) is 39.7 Å². The molecule has 1 heterocycles. The highest BCUT2D eigenvalue weighted by molar-refractivity contribution is 5.51. The van der Waals surface area contributed by atoms with Gasteiger partial charge in [0.15, 0.2) is 11.5 Å². The van der Waals surface area contributed by atoms with Crippen molar-refractivity contribution < 1.29 is 14.2 Å². The molecule has 0 unspecified atom stereocenters. The highest BCUT2D eigenvalue weighted by atomic mass is 16.7. The van der Waals surface area contributed by atoms with Gasteiger partial charge in [0.1, 0.15) is 5.75 Å². The maximum Gasteiger partial charge on any atom is 0.231 e. The summed E-state index contributed by atoms with van der Waals surface area (Å²) in [5.41, 5.74) is 1.12.